The lowest BCUT2D eigenvalue weighted by atomic mass is 9.94. The predicted molar refractivity (Wildman–Crippen MR) is 202 cm³/mol. The predicted octanol–water partition coefficient (Wildman–Crippen LogP) is 2.07. The van der Waals surface area contributed by atoms with E-state index in [2.05, 4.69) is 31.4 Å². The van der Waals surface area contributed by atoms with E-state index in [1.54, 1.807) is 26.0 Å². The van der Waals surface area contributed by atoms with Crippen molar-refractivity contribution in [2.75, 3.05) is 19.6 Å². The fraction of sp³-hybridized carbons (Fsp3) is 0.556. The van der Waals surface area contributed by atoms with Crippen molar-refractivity contribution in [1.82, 2.24) is 31.4 Å². The van der Waals surface area contributed by atoms with Gasteiger partial charge in [0.1, 0.15) is 35.0 Å². The molecule has 0 unspecified atom stereocenters. The van der Waals surface area contributed by atoms with Gasteiger partial charge in [-0.3, -0.25) is 21.5 Å². The third-order valence-electron chi connectivity index (χ3n) is 8.70. The Balaban J connectivity index is 1.63. The molecule has 3 rings (SSSR count). The van der Waals surface area contributed by atoms with Gasteiger partial charge in [0.25, 0.3) is 10.0 Å². The fourth-order valence-electron chi connectivity index (χ4n) is 6.20. The number of rotatable bonds is 18. The van der Waals surface area contributed by atoms with Gasteiger partial charge in [0, 0.05) is 37.7 Å². The van der Waals surface area contributed by atoms with Gasteiger partial charge in [0.2, 0.25) is 11.9 Å². The van der Waals surface area contributed by atoms with Gasteiger partial charge in [0.15, 0.2) is 0 Å². The van der Waals surface area contributed by atoms with Crippen LogP contribution in [0.5, 0.6) is 11.5 Å². The Labute approximate surface area is 312 Å². The van der Waals surface area contributed by atoms with Gasteiger partial charge in [-0.25, -0.2) is 17.9 Å². The van der Waals surface area contributed by atoms with Crippen molar-refractivity contribution >= 4 is 34.3 Å². The Morgan fingerprint density at radius 2 is 1.74 bits per heavy atom. The van der Waals surface area contributed by atoms with E-state index in [0.29, 0.717) is 48.2 Å². The minimum absolute atomic E-state index is 0.128. The Hall–Kier alpha value is -4.45. The molecule has 53 heavy (non-hydrogen) atoms. The highest BCUT2D eigenvalue weighted by Gasteiger charge is 2.37. The number of nitrogens with two attached hydrogens (primary N) is 1. The number of carboxylic acid groups (broad SMARTS) is 1. The summed E-state index contributed by atoms with van der Waals surface area (Å²) in [5.41, 5.74) is 5.28. The molecule has 16 nitrogen and oxygen atoms in total. The normalized spacial score (nSPS) is 15.3. The van der Waals surface area contributed by atoms with E-state index >= 15 is 0 Å². The second-order valence-electron chi connectivity index (χ2n) is 14.9. The van der Waals surface area contributed by atoms with Crippen molar-refractivity contribution < 1.29 is 37.4 Å². The molecule has 0 aromatic heterocycles. The molecule has 0 aliphatic carbocycles. The standard InChI is InChI=1S/C36H56N8O8S/c1-21-22(2)31(23(3)28-17-36(7,8)52-30(21)28)53(49,50)44-33(37)39-15-9-10-25(19-41-38)42-32(46)29(40-18-26(20-45)43-34(47)48)16-24-11-13-27(14-12-24)51-35(4,5)6/h11-14,20,25-26,29,40-41,43H,9-10,15-19,38H2,1-8H3,(H,42,46)(H,47,48)(H3,37,39,44)/t25-,26-,29-/m0/s1. The molecule has 17 heteroatoms. The van der Waals surface area contributed by atoms with Crippen LogP contribution in [0.15, 0.2) is 29.2 Å². The summed E-state index contributed by atoms with van der Waals surface area (Å²) in [6.45, 7) is 15.3. The Kier molecular flexibility index (Phi) is 14.6. The number of guanidine groups is 1. The molecule has 0 saturated heterocycles. The van der Waals surface area contributed by atoms with Crippen molar-refractivity contribution in [3.8, 4) is 11.5 Å². The van der Waals surface area contributed by atoms with Gasteiger partial charge in [0.05, 0.1) is 10.9 Å². The molecule has 1 aliphatic rings. The second-order valence-corrected chi connectivity index (χ2v) is 16.5. The molecule has 2 amide bonds. The summed E-state index contributed by atoms with van der Waals surface area (Å²) in [4.78, 5) is 36.3. The number of hydrogen-bond donors (Lipinski definition) is 9. The number of nitrogens with one attached hydrogen (secondary N) is 7. The molecule has 3 atom stereocenters. The average Bonchev–Trinajstić information content (AvgIpc) is 3.38. The number of hydrogen-bond acceptors (Lipinski definition) is 11. The lowest BCUT2D eigenvalue weighted by molar-refractivity contribution is -0.124. The number of ether oxygens (including phenoxy) is 2. The summed E-state index contributed by atoms with van der Waals surface area (Å²) < 4.78 is 41.4. The molecule has 294 valence electrons. The maximum absolute atomic E-state index is 13.6. The third-order valence-corrected chi connectivity index (χ3v) is 10.3. The molecule has 2 aromatic carbocycles. The maximum Gasteiger partial charge on any atom is 0.405 e. The first-order chi connectivity index (χ1) is 24.7. The first kappa shape index (κ1) is 43.0. The molecule has 0 fully saturated rings. The zero-order valence-corrected chi connectivity index (χ0v) is 32.7. The molecule has 1 heterocycles. The van der Waals surface area contributed by atoms with Crippen LogP contribution in [-0.4, -0.2) is 86.7 Å². The molecular formula is C36H56N8O8S. The second kappa shape index (κ2) is 18.1. The van der Waals surface area contributed by atoms with Gasteiger partial charge >= 0.3 is 6.09 Å². The van der Waals surface area contributed by atoms with Crippen LogP contribution < -0.4 is 46.7 Å². The van der Waals surface area contributed by atoms with Crippen molar-refractivity contribution in [2.45, 2.75) is 115 Å². The highest BCUT2D eigenvalue weighted by molar-refractivity contribution is 7.90. The first-order valence-electron chi connectivity index (χ1n) is 17.5. The molecule has 1 aliphatic heterocycles. The minimum Gasteiger partial charge on any atom is -0.488 e. The number of fused-ring (bicyclic) bond motifs is 1. The van der Waals surface area contributed by atoms with Crippen molar-refractivity contribution in [3.63, 3.8) is 0 Å². The van der Waals surface area contributed by atoms with Gasteiger partial charge in [-0.2, -0.15) is 0 Å². The molecule has 0 bridgehead atoms. The van der Waals surface area contributed by atoms with Crippen LogP contribution in [0.25, 0.3) is 0 Å². The number of carbonyl (C=O) groups is 3. The SMILES string of the molecule is Cc1c(C)c(S(=O)(=O)NC(=N)NCCC[C@@H](CNN)NC(=O)[C@H](Cc2ccc(OC(C)(C)C)cc2)NC[C@@H](C=O)NC(=O)O)c(C)c2c1OC(C)(C)C2. The van der Waals surface area contributed by atoms with Gasteiger partial charge in [-0.15, -0.1) is 0 Å². The van der Waals surface area contributed by atoms with Crippen LogP contribution in [0.4, 0.5) is 4.79 Å². The summed E-state index contributed by atoms with van der Waals surface area (Å²) in [6, 6.07) is 4.86. The molecule has 10 N–H and O–H groups in total. The van der Waals surface area contributed by atoms with E-state index in [9.17, 15) is 22.8 Å². The summed E-state index contributed by atoms with van der Waals surface area (Å²) in [5.74, 6) is 6.20. The number of benzene rings is 2. The van der Waals surface area contributed by atoms with Crippen LogP contribution in [0.2, 0.25) is 0 Å². The number of carbonyl (C=O) groups excluding carboxylic acids is 2. The van der Waals surface area contributed by atoms with E-state index in [1.807, 2.05) is 53.7 Å². The highest BCUT2D eigenvalue weighted by Crippen LogP contribution is 2.43. The number of aldehydes is 1. The van der Waals surface area contributed by atoms with Gasteiger partial charge in [-0.05, 0) is 109 Å². The fourth-order valence-corrected chi connectivity index (χ4v) is 7.73. The lowest BCUT2D eigenvalue weighted by Crippen LogP contribution is -2.54. The zero-order valence-electron chi connectivity index (χ0n) is 31.9. The summed E-state index contributed by atoms with van der Waals surface area (Å²) in [5, 5.41) is 28.3. The van der Waals surface area contributed by atoms with Crippen LogP contribution in [0.3, 0.4) is 0 Å². The topological polar surface area (TPSA) is 246 Å². The Bertz CT molecular complexity index is 1740. The molecular weight excluding hydrogens is 705 g/mol. The minimum atomic E-state index is -4.10. The van der Waals surface area contributed by atoms with Crippen LogP contribution >= 0.6 is 0 Å². The first-order valence-corrected chi connectivity index (χ1v) is 19.0. The zero-order chi connectivity index (χ0) is 39.7. The van der Waals surface area contributed by atoms with Crippen molar-refractivity contribution in [1.29, 1.82) is 5.41 Å². The molecule has 0 radical (unpaired) electrons. The van der Waals surface area contributed by atoms with E-state index in [-0.39, 0.29) is 36.9 Å². The number of hydrazine groups is 1. The summed E-state index contributed by atoms with van der Waals surface area (Å²) in [6.07, 6.45) is 0.708. The van der Waals surface area contributed by atoms with Crippen LogP contribution in [0, 0.1) is 26.2 Å². The Morgan fingerprint density at radius 1 is 1.08 bits per heavy atom. The van der Waals surface area contributed by atoms with E-state index < -0.39 is 51.4 Å². The summed E-state index contributed by atoms with van der Waals surface area (Å²) in [7, 11) is -4.10. The number of sulfonamides is 1. The van der Waals surface area contributed by atoms with Crippen LogP contribution in [0.1, 0.15) is 75.3 Å². The van der Waals surface area contributed by atoms with Crippen molar-refractivity contribution in [3.05, 3.63) is 52.1 Å². The Morgan fingerprint density at radius 3 is 2.32 bits per heavy atom. The molecule has 0 spiro atoms. The average molecular weight is 761 g/mol. The van der Waals surface area contributed by atoms with E-state index in [4.69, 9.17) is 25.8 Å². The quantitative estimate of drug-likeness (QED) is 0.0265. The monoisotopic (exact) mass is 760 g/mol. The smallest absolute Gasteiger partial charge is 0.405 e. The van der Waals surface area contributed by atoms with Gasteiger partial charge < -0.3 is 40.6 Å². The van der Waals surface area contributed by atoms with E-state index in [0.717, 1.165) is 16.7 Å². The molecule has 0 saturated carbocycles. The maximum atomic E-state index is 13.6. The largest absolute Gasteiger partial charge is 0.488 e. The molecule has 2 aromatic rings. The third kappa shape index (κ3) is 12.6. The van der Waals surface area contributed by atoms with Crippen molar-refractivity contribution in [2.24, 2.45) is 5.84 Å². The van der Waals surface area contributed by atoms with E-state index in [1.165, 1.54) is 0 Å². The number of amides is 2. The summed E-state index contributed by atoms with van der Waals surface area (Å²) >= 11 is 0. The lowest BCUT2D eigenvalue weighted by Gasteiger charge is -2.25. The van der Waals surface area contributed by atoms with Gasteiger partial charge in [-0.1, -0.05) is 12.1 Å². The highest BCUT2D eigenvalue weighted by atomic mass is 32.2. The van der Waals surface area contributed by atoms with Crippen LogP contribution in [-0.2, 0) is 32.5 Å².